The lowest BCUT2D eigenvalue weighted by atomic mass is 9.85. The quantitative estimate of drug-likeness (QED) is 0.565. The summed E-state index contributed by atoms with van der Waals surface area (Å²) < 4.78 is 0. The van der Waals surface area contributed by atoms with Gasteiger partial charge in [-0.1, -0.05) is 6.42 Å². The smallest absolute Gasteiger partial charge is 0.0452 e. The highest BCUT2D eigenvalue weighted by molar-refractivity contribution is 4.71. The van der Waals surface area contributed by atoms with Gasteiger partial charge in [0.2, 0.25) is 0 Å². The van der Waals surface area contributed by atoms with Crippen LogP contribution in [0.3, 0.4) is 0 Å². The normalized spacial score (nSPS) is 20.3. The predicted molar refractivity (Wildman–Crippen MR) is 39.0 cm³/mol. The second kappa shape index (κ2) is 3.18. The third kappa shape index (κ3) is 1.95. The number of rotatable bonds is 3. The van der Waals surface area contributed by atoms with Crippen molar-refractivity contribution in [2.75, 3.05) is 20.3 Å². The van der Waals surface area contributed by atoms with E-state index < -0.39 is 0 Å². The maximum atomic E-state index is 5.43. The molecule has 0 saturated heterocycles. The highest BCUT2D eigenvalue weighted by Gasteiger charge is 2.17. The first-order chi connectivity index (χ1) is 4.33. The van der Waals surface area contributed by atoms with Crippen molar-refractivity contribution in [3.8, 4) is 0 Å². The minimum Gasteiger partial charge on any atom is -0.318 e. The summed E-state index contributed by atoms with van der Waals surface area (Å²) in [5.41, 5.74) is 5.43. The molecule has 0 aromatic carbocycles. The van der Waals surface area contributed by atoms with Crippen LogP contribution in [0.25, 0.3) is 0 Å². The summed E-state index contributed by atoms with van der Waals surface area (Å²) >= 11 is 0. The van der Waals surface area contributed by atoms with Crippen molar-refractivity contribution in [3.63, 3.8) is 0 Å². The Balaban J connectivity index is 2.01. The summed E-state index contributed by atoms with van der Waals surface area (Å²) in [6.45, 7) is 1.91. The number of nitrogens with two attached hydrogens (primary N) is 1. The molecular weight excluding hydrogens is 112 g/mol. The van der Waals surface area contributed by atoms with E-state index in [4.69, 9.17) is 5.73 Å². The Morgan fingerprint density at radius 2 is 2.22 bits per heavy atom. The molecule has 0 unspecified atom stereocenters. The molecule has 54 valence electrons. The number of hydrogen-bond donors (Lipinski definition) is 1. The Hall–Kier alpha value is -0.0800. The second-order valence-electron chi connectivity index (χ2n) is 3.02. The van der Waals surface area contributed by atoms with Gasteiger partial charge in [-0.2, -0.15) is 0 Å². The monoisotopic (exact) mass is 128 g/mol. The topological polar surface area (TPSA) is 29.3 Å². The lowest BCUT2D eigenvalue weighted by molar-refractivity contribution is 0.209. The van der Waals surface area contributed by atoms with Crippen molar-refractivity contribution in [3.05, 3.63) is 0 Å². The number of hydrogen-bond acceptors (Lipinski definition) is 2. The van der Waals surface area contributed by atoms with Crippen LogP contribution in [0.1, 0.15) is 19.3 Å². The molecule has 1 fully saturated rings. The van der Waals surface area contributed by atoms with Gasteiger partial charge in [0.15, 0.2) is 0 Å². The van der Waals surface area contributed by atoms with Crippen LogP contribution in [0.4, 0.5) is 0 Å². The molecule has 0 spiro atoms. The highest BCUT2D eigenvalue weighted by atomic mass is 15.1. The molecule has 0 aromatic rings. The van der Waals surface area contributed by atoms with E-state index in [9.17, 15) is 0 Å². The zero-order valence-corrected chi connectivity index (χ0v) is 6.14. The molecule has 0 radical (unpaired) electrons. The van der Waals surface area contributed by atoms with E-state index in [0.717, 1.165) is 5.92 Å². The van der Waals surface area contributed by atoms with Crippen molar-refractivity contribution < 1.29 is 0 Å². The lowest BCUT2D eigenvalue weighted by Crippen LogP contribution is -2.33. The Morgan fingerprint density at radius 3 is 2.56 bits per heavy atom. The van der Waals surface area contributed by atoms with E-state index in [1.165, 1.54) is 25.8 Å². The first kappa shape index (κ1) is 7.03. The Kier molecular flexibility index (Phi) is 2.49. The summed E-state index contributed by atoms with van der Waals surface area (Å²) in [5.74, 6) is 0.957. The average molecular weight is 128 g/mol. The molecule has 0 aromatic heterocycles. The summed E-state index contributed by atoms with van der Waals surface area (Å²) in [5, 5.41) is 0. The molecule has 0 aliphatic heterocycles. The van der Waals surface area contributed by atoms with Crippen LogP contribution in [0.15, 0.2) is 0 Å². The van der Waals surface area contributed by atoms with Gasteiger partial charge in [0.25, 0.3) is 0 Å². The molecule has 0 bridgehead atoms. The largest absolute Gasteiger partial charge is 0.318 e. The van der Waals surface area contributed by atoms with Crippen molar-refractivity contribution in [1.29, 1.82) is 0 Å². The molecule has 0 amide bonds. The summed E-state index contributed by atoms with van der Waals surface area (Å²) in [4.78, 5) is 2.18. The molecule has 2 N–H and O–H groups in total. The van der Waals surface area contributed by atoms with Crippen LogP contribution >= 0.6 is 0 Å². The van der Waals surface area contributed by atoms with Gasteiger partial charge >= 0.3 is 0 Å². The molecule has 0 atom stereocenters. The van der Waals surface area contributed by atoms with Gasteiger partial charge < -0.3 is 5.73 Å². The van der Waals surface area contributed by atoms with Crippen LogP contribution in [0, 0.1) is 5.92 Å². The molecule has 2 heteroatoms. The fourth-order valence-electron chi connectivity index (χ4n) is 1.19. The first-order valence-electron chi connectivity index (χ1n) is 3.71. The Morgan fingerprint density at radius 1 is 1.56 bits per heavy atom. The fraction of sp³-hybridized carbons (Fsp3) is 1.00. The van der Waals surface area contributed by atoms with E-state index in [-0.39, 0.29) is 0 Å². The molecular formula is C7H16N2. The molecule has 0 heterocycles. The summed E-state index contributed by atoms with van der Waals surface area (Å²) in [6.07, 6.45) is 4.28. The van der Waals surface area contributed by atoms with E-state index in [1.807, 2.05) is 0 Å². The standard InChI is InChI=1S/C7H16N2/c1-9(6-8)5-7-3-2-4-7/h7H,2-6,8H2,1H3. The predicted octanol–water partition coefficient (Wildman–Crippen LogP) is 0.634. The van der Waals surface area contributed by atoms with Crippen LogP contribution in [0.5, 0.6) is 0 Å². The van der Waals surface area contributed by atoms with Gasteiger partial charge in [-0.25, -0.2) is 0 Å². The number of nitrogens with zero attached hydrogens (tertiary/aromatic N) is 1. The van der Waals surface area contributed by atoms with E-state index in [2.05, 4.69) is 11.9 Å². The van der Waals surface area contributed by atoms with Crippen LogP contribution in [0.2, 0.25) is 0 Å². The van der Waals surface area contributed by atoms with Crippen molar-refractivity contribution >= 4 is 0 Å². The summed E-state index contributed by atoms with van der Waals surface area (Å²) in [7, 11) is 2.08. The van der Waals surface area contributed by atoms with Crippen molar-refractivity contribution in [1.82, 2.24) is 4.90 Å². The third-order valence-electron chi connectivity index (χ3n) is 2.11. The van der Waals surface area contributed by atoms with Crippen molar-refractivity contribution in [2.24, 2.45) is 11.7 Å². The van der Waals surface area contributed by atoms with Gasteiger partial charge in [-0.05, 0) is 25.8 Å². The minimum atomic E-state index is 0.705. The first-order valence-corrected chi connectivity index (χ1v) is 3.71. The van der Waals surface area contributed by atoms with Crippen LogP contribution in [-0.2, 0) is 0 Å². The van der Waals surface area contributed by atoms with Gasteiger partial charge in [0, 0.05) is 13.2 Å². The Bertz CT molecular complexity index is 76.2. The third-order valence-corrected chi connectivity index (χ3v) is 2.11. The lowest BCUT2D eigenvalue weighted by Gasteiger charge is -2.29. The molecule has 1 aliphatic rings. The Labute approximate surface area is 57.0 Å². The maximum absolute atomic E-state index is 5.43. The van der Waals surface area contributed by atoms with Gasteiger partial charge in [0.05, 0.1) is 0 Å². The van der Waals surface area contributed by atoms with E-state index >= 15 is 0 Å². The molecule has 1 aliphatic carbocycles. The summed E-state index contributed by atoms with van der Waals surface area (Å²) in [6, 6.07) is 0. The van der Waals surface area contributed by atoms with Crippen molar-refractivity contribution in [2.45, 2.75) is 19.3 Å². The molecule has 9 heavy (non-hydrogen) atoms. The van der Waals surface area contributed by atoms with Crippen LogP contribution in [-0.4, -0.2) is 25.2 Å². The van der Waals surface area contributed by atoms with Gasteiger partial charge in [0.1, 0.15) is 0 Å². The van der Waals surface area contributed by atoms with E-state index in [1.54, 1.807) is 0 Å². The molecule has 2 nitrogen and oxygen atoms in total. The molecule has 1 rings (SSSR count). The average Bonchev–Trinajstić information content (AvgIpc) is 1.78. The molecule has 1 saturated carbocycles. The zero-order valence-electron chi connectivity index (χ0n) is 6.14. The SMILES string of the molecule is CN(CN)CC1CCC1. The van der Waals surface area contributed by atoms with E-state index in [0.29, 0.717) is 6.67 Å². The maximum Gasteiger partial charge on any atom is 0.0452 e. The minimum absolute atomic E-state index is 0.705. The highest BCUT2D eigenvalue weighted by Crippen LogP contribution is 2.26. The second-order valence-corrected chi connectivity index (χ2v) is 3.02. The van der Waals surface area contributed by atoms with Crippen LogP contribution < -0.4 is 5.73 Å². The van der Waals surface area contributed by atoms with Gasteiger partial charge in [-0.3, -0.25) is 4.90 Å². The fourth-order valence-corrected chi connectivity index (χ4v) is 1.19. The zero-order chi connectivity index (χ0) is 6.69. The van der Waals surface area contributed by atoms with Gasteiger partial charge in [-0.15, -0.1) is 0 Å².